The van der Waals surface area contributed by atoms with Crippen LogP contribution in [0.25, 0.3) is 0 Å². The maximum Gasteiger partial charge on any atom is 0.152 e. The van der Waals surface area contributed by atoms with Crippen LogP contribution in [-0.2, 0) is 9.75 Å². The summed E-state index contributed by atoms with van der Waals surface area (Å²) in [5, 5.41) is 0. The van der Waals surface area contributed by atoms with Gasteiger partial charge in [-0.1, -0.05) is 83.9 Å². The fourth-order valence-electron chi connectivity index (χ4n) is 2.59. The van der Waals surface area contributed by atoms with Gasteiger partial charge < -0.3 is 0 Å². The molecule has 0 radical (unpaired) electrons. The molecule has 0 amide bonds. The third kappa shape index (κ3) is 1.75. The molecule has 0 N–H and O–H groups in total. The predicted molar refractivity (Wildman–Crippen MR) is 77.2 cm³/mol. The number of hydrogen-bond acceptors (Lipinski definition) is 0. The van der Waals surface area contributed by atoms with Gasteiger partial charge in [-0.3, -0.25) is 0 Å². The van der Waals surface area contributed by atoms with Crippen molar-refractivity contribution in [2.75, 3.05) is 0 Å². The summed E-state index contributed by atoms with van der Waals surface area (Å²) in [6, 6.07) is 20.3. The molecule has 0 spiro atoms. The molecule has 2 heteroatoms. The van der Waals surface area contributed by atoms with Gasteiger partial charge in [-0.05, 0) is 24.0 Å². The molecule has 2 aromatic rings. The summed E-state index contributed by atoms with van der Waals surface area (Å²) in [6.07, 6.45) is 2.08. The molecular weight excluding hydrogens is 263 g/mol. The molecule has 0 nitrogen and oxygen atoms in total. The Morgan fingerprint density at radius 1 is 0.778 bits per heavy atom. The van der Waals surface area contributed by atoms with E-state index in [0.717, 1.165) is 18.4 Å². The topological polar surface area (TPSA) is 0 Å². The predicted octanol–water partition coefficient (Wildman–Crippen LogP) is 5.05. The Morgan fingerprint density at radius 2 is 1.28 bits per heavy atom. The molecule has 2 aromatic carbocycles. The van der Waals surface area contributed by atoms with Gasteiger partial charge in [0.15, 0.2) is 4.33 Å². The zero-order chi connectivity index (χ0) is 12.6. The summed E-state index contributed by atoms with van der Waals surface area (Å²) in [4.78, 5) is 0. The molecular formula is C16H14Cl2. The highest BCUT2D eigenvalue weighted by atomic mass is 35.5. The van der Waals surface area contributed by atoms with Crippen LogP contribution in [0, 0.1) is 0 Å². The molecule has 92 valence electrons. The Bertz CT molecular complexity index is 488. The summed E-state index contributed by atoms with van der Waals surface area (Å²) in [7, 11) is 0. The summed E-state index contributed by atoms with van der Waals surface area (Å²) in [6.45, 7) is 0. The molecule has 0 aliphatic heterocycles. The average Bonchev–Trinajstić information content (AvgIpc) is 3.23. The molecule has 0 atom stereocenters. The van der Waals surface area contributed by atoms with E-state index in [1.807, 2.05) is 48.5 Å². The van der Waals surface area contributed by atoms with Crippen LogP contribution in [0.5, 0.6) is 0 Å². The van der Waals surface area contributed by atoms with Gasteiger partial charge in [0, 0.05) is 5.41 Å². The van der Waals surface area contributed by atoms with Gasteiger partial charge in [0.2, 0.25) is 0 Å². The Morgan fingerprint density at radius 3 is 1.78 bits per heavy atom. The van der Waals surface area contributed by atoms with E-state index in [4.69, 9.17) is 23.2 Å². The first kappa shape index (κ1) is 12.1. The van der Waals surface area contributed by atoms with E-state index in [0.29, 0.717) is 0 Å². The standard InChI is InChI=1S/C16H14Cl2/c17-16(18,14-9-5-2-6-10-14)15(11-12-15)13-7-3-1-4-8-13/h1-10H,11-12H2. The Balaban J connectivity index is 2.05. The monoisotopic (exact) mass is 276 g/mol. The lowest BCUT2D eigenvalue weighted by Crippen LogP contribution is -2.28. The van der Waals surface area contributed by atoms with Crippen LogP contribution in [0.15, 0.2) is 60.7 Å². The molecule has 1 fully saturated rings. The lowest BCUT2D eigenvalue weighted by atomic mass is 9.88. The van der Waals surface area contributed by atoms with Crippen LogP contribution in [0.4, 0.5) is 0 Å². The highest BCUT2D eigenvalue weighted by Gasteiger charge is 2.59. The second-order valence-electron chi connectivity index (χ2n) is 4.89. The number of hydrogen-bond donors (Lipinski definition) is 0. The fraction of sp³-hybridized carbons (Fsp3) is 0.250. The second-order valence-corrected chi connectivity index (χ2v) is 6.22. The van der Waals surface area contributed by atoms with Crippen molar-refractivity contribution in [3.8, 4) is 0 Å². The molecule has 0 aromatic heterocycles. The highest BCUT2D eigenvalue weighted by molar-refractivity contribution is 6.49. The Labute approximate surface area is 118 Å². The second kappa shape index (κ2) is 4.29. The van der Waals surface area contributed by atoms with Crippen molar-refractivity contribution in [2.45, 2.75) is 22.6 Å². The van der Waals surface area contributed by atoms with Crippen LogP contribution < -0.4 is 0 Å². The van der Waals surface area contributed by atoms with E-state index in [-0.39, 0.29) is 5.41 Å². The minimum Gasteiger partial charge on any atom is -0.0953 e. The first-order valence-electron chi connectivity index (χ1n) is 6.16. The van der Waals surface area contributed by atoms with E-state index in [1.165, 1.54) is 5.56 Å². The molecule has 18 heavy (non-hydrogen) atoms. The number of benzene rings is 2. The quantitative estimate of drug-likeness (QED) is 0.689. The number of alkyl halides is 2. The highest BCUT2D eigenvalue weighted by Crippen LogP contribution is 2.64. The molecule has 0 unspecified atom stereocenters. The first-order chi connectivity index (χ1) is 8.67. The molecule has 1 aliphatic rings. The van der Waals surface area contributed by atoms with Gasteiger partial charge in [-0.2, -0.15) is 0 Å². The minimum atomic E-state index is -0.852. The van der Waals surface area contributed by atoms with Crippen molar-refractivity contribution < 1.29 is 0 Å². The van der Waals surface area contributed by atoms with Gasteiger partial charge in [-0.25, -0.2) is 0 Å². The molecule has 0 saturated heterocycles. The van der Waals surface area contributed by atoms with Crippen LogP contribution in [0.1, 0.15) is 24.0 Å². The largest absolute Gasteiger partial charge is 0.152 e. The van der Waals surface area contributed by atoms with E-state index in [2.05, 4.69) is 12.1 Å². The molecule has 3 rings (SSSR count). The third-order valence-corrected chi connectivity index (χ3v) is 4.97. The summed E-state index contributed by atoms with van der Waals surface area (Å²) < 4.78 is -0.852. The minimum absolute atomic E-state index is 0.126. The summed E-state index contributed by atoms with van der Waals surface area (Å²) >= 11 is 13.4. The van der Waals surface area contributed by atoms with Crippen molar-refractivity contribution in [1.29, 1.82) is 0 Å². The Hall–Kier alpha value is -0.980. The smallest absolute Gasteiger partial charge is 0.0953 e. The zero-order valence-corrected chi connectivity index (χ0v) is 11.5. The van der Waals surface area contributed by atoms with Crippen LogP contribution in [-0.4, -0.2) is 0 Å². The van der Waals surface area contributed by atoms with Crippen molar-refractivity contribution in [3.63, 3.8) is 0 Å². The molecule has 1 aliphatic carbocycles. The fourth-order valence-corrected chi connectivity index (χ4v) is 3.44. The van der Waals surface area contributed by atoms with Gasteiger partial charge in [-0.15, -0.1) is 0 Å². The van der Waals surface area contributed by atoms with Crippen LogP contribution in [0.2, 0.25) is 0 Å². The van der Waals surface area contributed by atoms with Crippen molar-refractivity contribution in [2.24, 2.45) is 0 Å². The van der Waals surface area contributed by atoms with Crippen molar-refractivity contribution >= 4 is 23.2 Å². The summed E-state index contributed by atoms with van der Waals surface area (Å²) in [5.41, 5.74) is 2.09. The van der Waals surface area contributed by atoms with Crippen molar-refractivity contribution in [3.05, 3.63) is 71.8 Å². The maximum atomic E-state index is 6.72. The molecule has 1 saturated carbocycles. The van der Waals surface area contributed by atoms with Crippen molar-refractivity contribution in [1.82, 2.24) is 0 Å². The van der Waals surface area contributed by atoms with Gasteiger partial charge in [0.25, 0.3) is 0 Å². The van der Waals surface area contributed by atoms with E-state index in [1.54, 1.807) is 0 Å². The normalized spacial score (nSPS) is 17.4. The number of halogens is 2. The Kier molecular flexibility index (Phi) is 2.88. The van der Waals surface area contributed by atoms with Gasteiger partial charge in [0.1, 0.15) is 0 Å². The zero-order valence-electron chi connectivity index (χ0n) is 9.94. The van der Waals surface area contributed by atoms with Crippen LogP contribution in [0.3, 0.4) is 0 Å². The van der Waals surface area contributed by atoms with E-state index in [9.17, 15) is 0 Å². The van der Waals surface area contributed by atoms with Gasteiger partial charge in [0.05, 0.1) is 0 Å². The van der Waals surface area contributed by atoms with Gasteiger partial charge >= 0.3 is 0 Å². The van der Waals surface area contributed by atoms with E-state index < -0.39 is 4.33 Å². The SMILES string of the molecule is ClC(Cl)(c1ccccc1)C1(c2ccccc2)CC1. The summed E-state index contributed by atoms with van der Waals surface area (Å²) in [5.74, 6) is 0. The average molecular weight is 277 g/mol. The lowest BCUT2D eigenvalue weighted by molar-refractivity contribution is 0.606. The first-order valence-corrected chi connectivity index (χ1v) is 6.91. The van der Waals surface area contributed by atoms with Crippen LogP contribution >= 0.6 is 23.2 Å². The number of rotatable bonds is 3. The molecule has 0 heterocycles. The maximum absolute atomic E-state index is 6.72. The lowest BCUT2D eigenvalue weighted by Gasteiger charge is -2.31. The molecule has 0 bridgehead atoms. The third-order valence-electron chi connectivity index (χ3n) is 3.81. The van der Waals surface area contributed by atoms with E-state index >= 15 is 0 Å².